The Balaban J connectivity index is 3.77. The summed E-state index contributed by atoms with van der Waals surface area (Å²) < 4.78 is 25.9. The third kappa shape index (κ3) is 9.12. The molecule has 0 aliphatic rings. The van der Waals surface area contributed by atoms with Crippen LogP contribution in [0.4, 0.5) is 0 Å². The standard InChI is InChI=1S/C6H12N2O6S/c9-5(10)1-3-7-15(13,14)8-4-2-6(11)12/h7-8H,1-4H2,(H,9,10)(H,11,12). The van der Waals surface area contributed by atoms with Crippen LogP contribution in [0.2, 0.25) is 0 Å². The van der Waals surface area contributed by atoms with Crippen molar-refractivity contribution >= 4 is 22.1 Å². The molecule has 0 unspecified atom stereocenters. The van der Waals surface area contributed by atoms with Crippen LogP contribution in [0.25, 0.3) is 0 Å². The van der Waals surface area contributed by atoms with Gasteiger partial charge in [0, 0.05) is 13.1 Å². The SMILES string of the molecule is O=C(O)CCNS(=O)(=O)NCCC(=O)O. The summed E-state index contributed by atoms with van der Waals surface area (Å²) in [7, 11) is -3.80. The van der Waals surface area contributed by atoms with Crippen molar-refractivity contribution in [3.05, 3.63) is 0 Å². The summed E-state index contributed by atoms with van der Waals surface area (Å²) in [4.78, 5) is 20.1. The molecule has 0 amide bonds. The summed E-state index contributed by atoms with van der Waals surface area (Å²) >= 11 is 0. The number of aliphatic carboxylic acids is 2. The Kier molecular flexibility index (Phi) is 5.82. The van der Waals surface area contributed by atoms with Crippen LogP contribution < -0.4 is 9.44 Å². The first-order valence-corrected chi connectivity index (χ1v) is 5.49. The smallest absolute Gasteiger partial charge is 0.304 e. The van der Waals surface area contributed by atoms with E-state index in [1.807, 2.05) is 9.44 Å². The summed E-state index contributed by atoms with van der Waals surface area (Å²) in [5, 5.41) is 16.5. The molecular formula is C6H12N2O6S. The van der Waals surface area contributed by atoms with Gasteiger partial charge in [0.1, 0.15) is 0 Å². The van der Waals surface area contributed by atoms with Gasteiger partial charge in [-0.15, -0.1) is 0 Å². The Hall–Kier alpha value is -1.19. The van der Waals surface area contributed by atoms with Crippen molar-refractivity contribution in [2.45, 2.75) is 12.8 Å². The van der Waals surface area contributed by atoms with Crippen LogP contribution in [-0.4, -0.2) is 43.7 Å². The molecule has 88 valence electrons. The van der Waals surface area contributed by atoms with Gasteiger partial charge in [-0.1, -0.05) is 0 Å². The molecule has 0 heterocycles. The lowest BCUT2D eigenvalue weighted by molar-refractivity contribution is -0.137. The molecule has 0 saturated heterocycles. The molecule has 0 radical (unpaired) electrons. The summed E-state index contributed by atoms with van der Waals surface area (Å²) in [6.45, 7) is -0.477. The van der Waals surface area contributed by atoms with Gasteiger partial charge < -0.3 is 10.2 Å². The highest BCUT2D eigenvalue weighted by Gasteiger charge is 2.09. The van der Waals surface area contributed by atoms with Crippen molar-refractivity contribution in [2.75, 3.05) is 13.1 Å². The third-order valence-electron chi connectivity index (χ3n) is 1.26. The summed E-state index contributed by atoms with van der Waals surface area (Å²) in [6, 6.07) is 0. The first-order chi connectivity index (χ1) is 6.83. The van der Waals surface area contributed by atoms with Crippen LogP contribution in [0.15, 0.2) is 0 Å². The maximum Gasteiger partial charge on any atom is 0.304 e. The van der Waals surface area contributed by atoms with E-state index in [1.165, 1.54) is 0 Å². The van der Waals surface area contributed by atoms with Crippen LogP contribution >= 0.6 is 0 Å². The number of carboxylic acid groups (broad SMARTS) is 2. The first-order valence-electron chi connectivity index (χ1n) is 4.01. The van der Waals surface area contributed by atoms with Gasteiger partial charge in [-0.25, -0.2) is 9.44 Å². The minimum Gasteiger partial charge on any atom is -0.481 e. The summed E-state index contributed by atoms with van der Waals surface area (Å²) in [5.41, 5.74) is 0. The molecule has 0 saturated carbocycles. The molecule has 0 aliphatic carbocycles. The predicted molar refractivity (Wildman–Crippen MR) is 49.4 cm³/mol. The molecule has 0 fully saturated rings. The second-order valence-electron chi connectivity index (χ2n) is 2.58. The first kappa shape index (κ1) is 13.8. The van der Waals surface area contributed by atoms with E-state index < -0.39 is 22.1 Å². The fraction of sp³-hybridized carbons (Fsp3) is 0.667. The monoisotopic (exact) mass is 240 g/mol. The zero-order chi connectivity index (χ0) is 11.9. The van der Waals surface area contributed by atoms with Crippen molar-refractivity contribution < 1.29 is 28.2 Å². The molecule has 8 nitrogen and oxygen atoms in total. The molecule has 9 heteroatoms. The second-order valence-corrected chi connectivity index (χ2v) is 4.16. The van der Waals surface area contributed by atoms with Gasteiger partial charge in [-0.05, 0) is 0 Å². The number of carbonyl (C=O) groups is 2. The Morgan fingerprint density at radius 3 is 1.53 bits per heavy atom. The minimum absolute atomic E-state index is 0.238. The van der Waals surface area contributed by atoms with Gasteiger partial charge in [-0.3, -0.25) is 9.59 Å². The Morgan fingerprint density at radius 1 is 0.933 bits per heavy atom. The third-order valence-corrected chi connectivity index (χ3v) is 2.43. The lowest BCUT2D eigenvalue weighted by Gasteiger charge is -2.05. The zero-order valence-electron chi connectivity index (χ0n) is 7.76. The van der Waals surface area contributed by atoms with Gasteiger partial charge in [0.15, 0.2) is 0 Å². The van der Waals surface area contributed by atoms with Gasteiger partial charge in [0.25, 0.3) is 10.2 Å². The van der Waals surface area contributed by atoms with Gasteiger partial charge in [-0.2, -0.15) is 8.42 Å². The normalized spacial score (nSPS) is 11.2. The Bertz CT molecular complexity index is 299. The zero-order valence-corrected chi connectivity index (χ0v) is 8.58. The predicted octanol–water partition coefficient (Wildman–Crippen LogP) is -1.64. The number of nitrogens with one attached hydrogen (secondary N) is 2. The molecule has 0 bridgehead atoms. The number of hydrogen-bond acceptors (Lipinski definition) is 4. The van der Waals surface area contributed by atoms with Crippen LogP contribution in [0, 0.1) is 0 Å². The van der Waals surface area contributed by atoms with Crippen LogP contribution in [0.1, 0.15) is 12.8 Å². The number of hydrogen-bond donors (Lipinski definition) is 4. The molecule has 0 spiro atoms. The lowest BCUT2D eigenvalue weighted by atomic mass is 10.5. The molecule has 0 rings (SSSR count). The van der Waals surface area contributed by atoms with E-state index in [4.69, 9.17) is 10.2 Å². The Morgan fingerprint density at radius 2 is 1.27 bits per heavy atom. The van der Waals surface area contributed by atoms with Crippen LogP contribution in [-0.2, 0) is 19.8 Å². The molecule has 0 aromatic rings. The van der Waals surface area contributed by atoms with E-state index in [0.717, 1.165) is 0 Å². The molecule has 0 aromatic carbocycles. The van der Waals surface area contributed by atoms with E-state index >= 15 is 0 Å². The molecule has 0 aromatic heterocycles. The topological polar surface area (TPSA) is 133 Å². The van der Waals surface area contributed by atoms with E-state index in [-0.39, 0.29) is 25.9 Å². The largest absolute Gasteiger partial charge is 0.481 e. The quantitative estimate of drug-likeness (QED) is 0.402. The highest BCUT2D eigenvalue weighted by Crippen LogP contribution is 1.83. The average molecular weight is 240 g/mol. The van der Waals surface area contributed by atoms with E-state index in [9.17, 15) is 18.0 Å². The van der Waals surface area contributed by atoms with Crippen molar-refractivity contribution in [3.63, 3.8) is 0 Å². The fourth-order valence-electron chi connectivity index (χ4n) is 0.636. The van der Waals surface area contributed by atoms with Crippen molar-refractivity contribution in [1.82, 2.24) is 9.44 Å². The maximum absolute atomic E-state index is 11.0. The van der Waals surface area contributed by atoms with Gasteiger partial charge in [0.05, 0.1) is 12.8 Å². The number of carboxylic acids is 2. The highest BCUT2D eigenvalue weighted by atomic mass is 32.2. The molecular weight excluding hydrogens is 228 g/mol. The molecule has 4 N–H and O–H groups in total. The summed E-state index contributed by atoms with van der Waals surface area (Å²) in [5.74, 6) is -2.24. The maximum atomic E-state index is 11.0. The molecule has 0 aliphatic heterocycles. The van der Waals surface area contributed by atoms with Crippen LogP contribution in [0.3, 0.4) is 0 Å². The number of rotatable bonds is 8. The van der Waals surface area contributed by atoms with Crippen molar-refractivity contribution in [3.8, 4) is 0 Å². The Labute approximate surface area is 86.5 Å². The second kappa shape index (κ2) is 6.32. The minimum atomic E-state index is -3.80. The van der Waals surface area contributed by atoms with E-state index in [2.05, 4.69) is 0 Å². The lowest BCUT2D eigenvalue weighted by Crippen LogP contribution is -2.38. The van der Waals surface area contributed by atoms with Crippen molar-refractivity contribution in [1.29, 1.82) is 0 Å². The molecule has 15 heavy (non-hydrogen) atoms. The molecule has 0 atom stereocenters. The van der Waals surface area contributed by atoms with E-state index in [1.54, 1.807) is 0 Å². The fourth-order valence-corrected chi connectivity index (χ4v) is 1.48. The van der Waals surface area contributed by atoms with Gasteiger partial charge in [0.2, 0.25) is 0 Å². The summed E-state index contributed by atoms with van der Waals surface area (Å²) in [6.07, 6.45) is -0.667. The van der Waals surface area contributed by atoms with E-state index in [0.29, 0.717) is 0 Å². The van der Waals surface area contributed by atoms with Gasteiger partial charge >= 0.3 is 11.9 Å². The van der Waals surface area contributed by atoms with Crippen LogP contribution in [0.5, 0.6) is 0 Å². The average Bonchev–Trinajstić information content (AvgIpc) is 2.01. The highest BCUT2D eigenvalue weighted by molar-refractivity contribution is 7.87. The van der Waals surface area contributed by atoms with Crippen molar-refractivity contribution in [2.24, 2.45) is 0 Å².